The monoisotopic (exact) mass is 385 g/mol. The van der Waals surface area contributed by atoms with Gasteiger partial charge in [0, 0.05) is 40.6 Å². The molecular formula is C23H19N3O3. The summed E-state index contributed by atoms with van der Waals surface area (Å²) >= 11 is 0. The van der Waals surface area contributed by atoms with Crippen LogP contribution in [0.3, 0.4) is 0 Å². The molecule has 0 saturated heterocycles. The van der Waals surface area contributed by atoms with Gasteiger partial charge in [0.25, 0.3) is 0 Å². The van der Waals surface area contributed by atoms with Gasteiger partial charge in [0.2, 0.25) is 5.78 Å². The second-order valence-electron chi connectivity index (χ2n) is 6.55. The molecule has 0 unspecified atom stereocenters. The van der Waals surface area contributed by atoms with Crippen molar-refractivity contribution in [2.24, 2.45) is 0 Å². The molecule has 0 radical (unpaired) electrons. The normalized spacial score (nSPS) is 11.9. The molecule has 29 heavy (non-hydrogen) atoms. The summed E-state index contributed by atoms with van der Waals surface area (Å²) in [5.74, 6) is -0.998. The second kappa shape index (κ2) is 8.06. The van der Waals surface area contributed by atoms with Crippen LogP contribution >= 0.6 is 0 Å². The number of carbonyl (C=O) groups excluding carboxylic acids is 2. The van der Waals surface area contributed by atoms with Crippen molar-refractivity contribution in [1.82, 2.24) is 15.0 Å². The number of aryl methyl sites for hydroxylation is 1. The first kappa shape index (κ1) is 18.6. The van der Waals surface area contributed by atoms with Crippen molar-refractivity contribution in [3.05, 3.63) is 95.7 Å². The Kier molecular flexibility index (Phi) is 5.16. The van der Waals surface area contributed by atoms with E-state index in [1.54, 1.807) is 30.5 Å². The van der Waals surface area contributed by atoms with Crippen molar-refractivity contribution in [2.45, 2.75) is 19.4 Å². The Morgan fingerprint density at radius 1 is 1.07 bits per heavy atom. The van der Waals surface area contributed by atoms with Crippen LogP contribution in [0.5, 0.6) is 0 Å². The van der Waals surface area contributed by atoms with Crippen molar-refractivity contribution in [3.63, 3.8) is 0 Å². The molecule has 1 N–H and O–H groups in total. The van der Waals surface area contributed by atoms with Crippen molar-refractivity contribution in [2.75, 3.05) is 0 Å². The Morgan fingerprint density at radius 2 is 1.90 bits per heavy atom. The second-order valence-corrected chi connectivity index (χ2v) is 6.55. The van der Waals surface area contributed by atoms with Crippen LogP contribution in [0.2, 0.25) is 0 Å². The Hall–Kier alpha value is -3.80. The highest BCUT2D eigenvalue weighted by atomic mass is 16.5. The molecule has 0 aliphatic heterocycles. The number of H-pyrrole nitrogens is 1. The third-order valence-corrected chi connectivity index (χ3v) is 4.79. The average Bonchev–Trinajstić information content (AvgIpc) is 3.22. The van der Waals surface area contributed by atoms with Crippen molar-refractivity contribution in [3.8, 4) is 0 Å². The molecule has 0 amide bonds. The number of hydrogen-bond acceptors (Lipinski definition) is 5. The van der Waals surface area contributed by atoms with Gasteiger partial charge in [0.05, 0.1) is 6.20 Å². The predicted octanol–water partition coefficient (Wildman–Crippen LogP) is 4.30. The Morgan fingerprint density at radius 3 is 2.62 bits per heavy atom. The Bertz CT molecular complexity index is 1150. The van der Waals surface area contributed by atoms with Gasteiger partial charge in [-0.1, -0.05) is 55.5 Å². The largest absolute Gasteiger partial charge is 0.444 e. The lowest BCUT2D eigenvalue weighted by Crippen LogP contribution is -2.21. The van der Waals surface area contributed by atoms with E-state index in [0.717, 1.165) is 22.9 Å². The molecule has 0 saturated carbocycles. The number of ketones is 1. The summed E-state index contributed by atoms with van der Waals surface area (Å²) in [7, 11) is 0. The van der Waals surface area contributed by atoms with Gasteiger partial charge in [-0.05, 0) is 12.0 Å². The first-order valence-electron chi connectivity index (χ1n) is 9.34. The zero-order valence-corrected chi connectivity index (χ0v) is 15.8. The lowest BCUT2D eigenvalue weighted by molar-refractivity contribution is 0.0274. The molecule has 4 rings (SSSR count). The molecule has 2 aromatic heterocycles. The predicted molar refractivity (Wildman–Crippen MR) is 109 cm³/mol. The van der Waals surface area contributed by atoms with E-state index in [2.05, 4.69) is 21.9 Å². The number of hydrogen-bond donors (Lipinski definition) is 1. The minimum atomic E-state index is -1.09. The molecule has 2 aromatic carbocycles. The van der Waals surface area contributed by atoms with Crippen LogP contribution in [0.1, 0.15) is 45.0 Å². The quantitative estimate of drug-likeness (QED) is 0.395. The number of ether oxygens (including phenoxy) is 1. The van der Waals surface area contributed by atoms with Gasteiger partial charge in [-0.3, -0.25) is 9.78 Å². The number of carbonyl (C=O) groups is 2. The van der Waals surface area contributed by atoms with Crippen LogP contribution in [-0.2, 0) is 11.2 Å². The summed E-state index contributed by atoms with van der Waals surface area (Å²) < 4.78 is 5.61. The first-order valence-corrected chi connectivity index (χ1v) is 9.34. The molecule has 144 valence electrons. The molecule has 0 spiro atoms. The maximum atomic E-state index is 13.5. The molecule has 0 fully saturated rings. The van der Waals surface area contributed by atoms with Gasteiger partial charge in [0.15, 0.2) is 11.8 Å². The first-order chi connectivity index (χ1) is 14.2. The lowest BCUT2D eigenvalue weighted by atomic mass is 9.98. The van der Waals surface area contributed by atoms with Gasteiger partial charge in [-0.2, -0.15) is 0 Å². The minimum Gasteiger partial charge on any atom is -0.444 e. The Labute approximate surface area is 167 Å². The number of rotatable bonds is 6. The standard InChI is InChI=1S/C23H19N3O3/c1-2-15-9-6-10-17-18(13-26-20(15)17)21(27)22(16-7-4-3-5-8-16)29-23(28)19-14-24-11-12-25-19/h3-14,22,26H,2H2,1H3/t22-/m1/s1. The van der Waals surface area contributed by atoms with Crippen LogP contribution in [0.15, 0.2) is 73.3 Å². The van der Waals surface area contributed by atoms with Gasteiger partial charge >= 0.3 is 5.97 Å². The van der Waals surface area contributed by atoms with E-state index >= 15 is 0 Å². The molecule has 4 aromatic rings. The zero-order chi connectivity index (χ0) is 20.2. The molecule has 2 heterocycles. The molecule has 6 heteroatoms. The van der Waals surface area contributed by atoms with E-state index in [-0.39, 0.29) is 11.5 Å². The summed E-state index contributed by atoms with van der Waals surface area (Å²) in [5.41, 5.74) is 3.17. The fourth-order valence-corrected chi connectivity index (χ4v) is 3.33. The molecule has 0 bridgehead atoms. The highest BCUT2D eigenvalue weighted by molar-refractivity contribution is 6.11. The average molecular weight is 385 g/mol. The fourth-order valence-electron chi connectivity index (χ4n) is 3.33. The van der Waals surface area contributed by atoms with E-state index in [9.17, 15) is 9.59 Å². The summed E-state index contributed by atoms with van der Waals surface area (Å²) in [6, 6.07) is 14.8. The van der Waals surface area contributed by atoms with Crippen LogP contribution in [0.4, 0.5) is 0 Å². The van der Waals surface area contributed by atoms with E-state index < -0.39 is 12.1 Å². The number of aromatic amines is 1. The third kappa shape index (κ3) is 3.65. The lowest BCUT2D eigenvalue weighted by Gasteiger charge is -2.17. The highest BCUT2D eigenvalue weighted by Gasteiger charge is 2.29. The van der Waals surface area contributed by atoms with Crippen molar-refractivity contribution in [1.29, 1.82) is 0 Å². The number of nitrogens with one attached hydrogen (secondary N) is 1. The highest BCUT2D eigenvalue weighted by Crippen LogP contribution is 2.29. The van der Waals surface area contributed by atoms with E-state index in [1.165, 1.54) is 18.6 Å². The number of nitrogens with zero attached hydrogens (tertiary/aromatic N) is 2. The van der Waals surface area contributed by atoms with Crippen molar-refractivity contribution < 1.29 is 14.3 Å². The third-order valence-electron chi connectivity index (χ3n) is 4.79. The molecule has 6 nitrogen and oxygen atoms in total. The summed E-state index contributed by atoms with van der Waals surface area (Å²) in [6.45, 7) is 2.06. The number of fused-ring (bicyclic) bond motifs is 1. The fraction of sp³-hybridized carbons (Fsp3) is 0.130. The maximum Gasteiger partial charge on any atom is 0.359 e. The van der Waals surface area contributed by atoms with Crippen molar-refractivity contribution >= 4 is 22.7 Å². The SMILES string of the molecule is CCc1cccc2c(C(=O)[C@H](OC(=O)c3cnccn3)c3ccccc3)c[nH]c12. The van der Waals surface area contributed by atoms with Crippen LogP contribution in [-0.4, -0.2) is 26.7 Å². The summed E-state index contributed by atoms with van der Waals surface area (Å²) in [6.07, 6.45) is 5.62. The Balaban J connectivity index is 1.74. The van der Waals surface area contributed by atoms with E-state index in [1.807, 2.05) is 24.3 Å². The smallest absolute Gasteiger partial charge is 0.359 e. The molecule has 0 aliphatic rings. The summed E-state index contributed by atoms with van der Waals surface area (Å²) in [4.78, 5) is 37.1. The van der Waals surface area contributed by atoms with E-state index in [4.69, 9.17) is 4.74 Å². The number of benzene rings is 2. The van der Waals surface area contributed by atoms with Crippen LogP contribution in [0.25, 0.3) is 10.9 Å². The number of para-hydroxylation sites is 1. The minimum absolute atomic E-state index is 0.0495. The van der Waals surface area contributed by atoms with E-state index in [0.29, 0.717) is 11.1 Å². The molecule has 0 aliphatic carbocycles. The molecular weight excluding hydrogens is 366 g/mol. The number of esters is 1. The zero-order valence-electron chi connectivity index (χ0n) is 15.8. The topological polar surface area (TPSA) is 84.9 Å². The number of Topliss-reactive ketones (excluding diaryl/α,β-unsaturated/α-hetero) is 1. The summed E-state index contributed by atoms with van der Waals surface area (Å²) in [5, 5.41) is 0.811. The van der Waals surface area contributed by atoms with Gasteiger partial charge < -0.3 is 9.72 Å². The van der Waals surface area contributed by atoms with Crippen LogP contribution in [0, 0.1) is 0 Å². The van der Waals surface area contributed by atoms with Gasteiger partial charge in [-0.15, -0.1) is 0 Å². The van der Waals surface area contributed by atoms with Gasteiger partial charge in [0.1, 0.15) is 0 Å². The number of aromatic nitrogens is 3. The maximum absolute atomic E-state index is 13.5. The molecule has 1 atom stereocenters. The van der Waals surface area contributed by atoms with Crippen LogP contribution < -0.4 is 0 Å². The van der Waals surface area contributed by atoms with Gasteiger partial charge in [-0.25, -0.2) is 9.78 Å².